The van der Waals surface area contributed by atoms with E-state index in [0.29, 0.717) is 12.8 Å². The van der Waals surface area contributed by atoms with Crippen LogP contribution in [0, 0.1) is 47.3 Å². The molecule has 0 saturated carbocycles. The Morgan fingerprint density at radius 3 is 1.24 bits per heavy atom. The van der Waals surface area contributed by atoms with Crippen LogP contribution in [-0.4, -0.2) is 166 Å². The van der Waals surface area contributed by atoms with Crippen LogP contribution in [0.25, 0.3) is 0 Å². The maximum absolute atomic E-state index is 14.0. The van der Waals surface area contributed by atoms with Gasteiger partial charge in [0.05, 0.1) is 61.0 Å². The summed E-state index contributed by atoms with van der Waals surface area (Å²) in [6.45, 7) is 25.6. The summed E-state index contributed by atoms with van der Waals surface area (Å²) in [7, 11) is 3.06. The van der Waals surface area contributed by atoms with Crippen molar-refractivity contribution in [1.29, 1.82) is 0 Å². The molecule has 18 nitrogen and oxygen atoms in total. The molecule has 0 bridgehead atoms. The summed E-state index contributed by atoms with van der Waals surface area (Å²) >= 11 is 0. The molecular formula is C58H96O18. The lowest BCUT2D eigenvalue weighted by Crippen LogP contribution is -2.60. The largest absolute Gasteiger partial charge is 0.458 e. The van der Waals surface area contributed by atoms with Crippen molar-refractivity contribution >= 4 is 11.9 Å². The number of carbonyl (C=O) groups is 2. The number of aliphatic hydroxyl groups excluding tert-OH is 6. The summed E-state index contributed by atoms with van der Waals surface area (Å²) in [4.78, 5) is 28.1. The number of aliphatic hydroxyl groups is 6. The van der Waals surface area contributed by atoms with Gasteiger partial charge in [0, 0.05) is 98.4 Å². The van der Waals surface area contributed by atoms with Gasteiger partial charge in [-0.3, -0.25) is 0 Å². The maximum atomic E-state index is 14.0. The molecule has 0 spiro atoms. The van der Waals surface area contributed by atoms with Crippen molar-refractivity contribution in [3.63, 3.8) is 0 Å². The average molecular weight is 1080 g/mol. The minimum Gasteiger partial charge on any atom is -0.458 e. The second kappa shape index (κ2) is 27.7. The third-order valence-corrected chi connectivity index (χ3v) is 17.8. The molecule has 26 atom stereocenters. The number of carbonyl (C=O) groups excluding carboxylic acids is 2. The van der Waals surface area contributed by atoms with Gasteiger partial charge in [-0.05, 0) is 54.4 Å². The van der Waals surface area contributed by atoms with E-state index in [1.54, 1.807) is 64.2 Å². The SMILES string of the molecule is CCC1C(C)OC(OC)(C(C)C(O)C(C)C2OC(=O)C(C)=CC=CC(C)C(C(C)C(O)C(C)C3(OC)CC(OC4CC(O)C(O)C(C)O4)C(CC)C(C)O3)OC(=O)C(C)=CC=CC2C)CC1OC1CC(O)C(O)C(C)O1. The minimum atomic E-state index is -1.34. The number of methoxy groups -OCH3 is 2. The van der Waals surface area contributed by atoms with Crippen LogP contribution in [-0.2, 0) is 57.0 Å². The Morgan fingerprint density at radius 2 is 0.934 bits per heavy atom. The summed E-state index contributed by atoms with van der Waals surface area (Å²) in [5, 5.41) is 66.4. The van der Waals surface area contributed by atoms with E-state index in [9.17, 15) is 40.2 Å². The smallest absolute Gasteiger partial charge is 0.334 e. The lowest BCUT2D eigenvalue weighted by Gasteiger charge is -2.52. The number of esters is 2. The molecule has 18 heteroatoms. The molecule has 76 heavy (non-hydrogen) atoms. The van der Waals surface area contributed by atoms with Crippen LogP contribution >= 0.6 is 0 Å². The van der Waals surface area contributed by atoms with Crippen molar-refractivity contribution in [2.24, 2.45) is 47.3 Å². The minimum absolute atomic E-state index is 0.0717. The molecule has 5 heterocycles. The monoisotopic (exact) mass is 1080 g/mol. The first-order valence-corrected chi connectivity index (χ1v) is 28.0. The average Bonchev–Trinajstić information content (AvgIpc) is 3.37. The molecule has 5 aliphatic heterocycles. The predicted molar refractivity (Wildman–Crippen MR) is 282 cm³/mol. The highest BCUT2D eigenvalue weighted by Gasteiger charge is 2.55. The number of ether oxygens (including phenoxy) is 10. The molecule has 0 aliphatic carbocycles. The molecule has 4 saturated heterocycles. The Labute approximate surface area is 452 Å². The normalized spacial score (nSPS) is 42.9. The van der Waals surface area contributed by atoms with Gasteiger partial charge in [-0.25, -0.2) is 9.59 Å². The van der Waals surface area contributed by atoms with Crippen molar-refractivity contribution in [2.75, 3.05) is 14.2 Å². The number of hydrogen-bond donors (Lipinski definition) is 6. The molecule has 0 aromatic carbocycles. The van der Waals surface area contributed by atoms with Crippen molar-refractivity contribution < 1.29 is 87.6 Å². The standard InChI is InChI=1S/C58H96O18/c1-17-41-37(11)75-57(67-15,27-45(41)71-47-25-43(59)51(63)39(13)69-47)35(9)49(61)33(7)53-29(3)21-19-23-32(6)56(66)74-54(30(4)22-20-24-31(5)55(65)73-53)34(8)50(62)36(10)58(68-16)28-46(42(18-2)38(12)76-58)72-48-26-44(60)52(64)40(14)70-48/h19-24,29-30,33-54,59-64H,17-18,25-28H2,1-16H3. The third kappa shape index (κ3) is 14.6. The predicted octanol–water partition coefficient (Wildman–Crippen LogP) is 6.21. The Bertz CT molecular complexity index is 1830. The summed E-state index contributed by atoms with van der Waals surface area (Å²) < 4.78 is 63.4. The van der Waals surface area contributed by atoms with Crippen LogP contribution in [0.1, 0.15) is 135 Å². The van der Waals surface area contributed by atoms with Crippen LogP contribution in [0.5, 0.6) is 0 Å². The fourth-order valence-corrected chi connectivity index (χ4v) is 12.4. The first-order chi connectivity index (χ1) is 35.7. The van der Waals surface area contributed by atoms with E-state index in [4.69, 9.17) is 47.4 Å². The van der Waals surface area contributed by atoms with Gasteiger partial charge >= 0.3 is 11.9 Å². The second-order valence-electron chi connectivity index (χ2n) is 22.9. The van der Waals surface area contributed by atoms with Crippen molar-refractivity contribution in [2.45, 2.75) is 245 Å². The van der Waals surface area contributed by atoms with E-state index < -0.39 is 145 Å². The molecule has 0 aromatic heterocycles. The van der Waals surface area contributed by atoms with Crippen molar-refractivity contribution in [1.82, 2.24) is 0 Å². The topological polar surface area (TPSA) is 248 Å². The maximum Gasteiger partial charge on any atom is 0.334 e. The number of cyclic esters (lactones) is 2. The molecule has 5 rings (SSSR count). The van der Waals surface area contributed by atoms with Crippen LogP contribution in [0.15, 0.2) is 47.6 Å². The summed E-state index contributed by atoms with van der Waals surface area (Å²) in [6.07, 6.45) is -0.246. The van der Waals surface area contributed by atoms with Gasteiger partial charge in [0.15, 0.2) is 24.2 Å². The molecule has 5 aliphatic rings. The Balaban J connectivity index is 1.35. The van der Waals surface area contributed by atoms with Gasteiger partial charge < -0.3 is 78.0 Å². The molecular weight excluding hydrogens is 985 g/mol. The van der Waals surface area contributed by atoms with Gasteiger partial charge in [0.2, 0.25) is 0 Å². The van der Waals surface area contributed by atoms with E-state index in [0.717, 1.165) is 0 Å². The third-order valence-electron chi connectivity index (χ3n) is 17.8. The first-order valence-electron chi connectivity index (χ1n) is 28.0. The highest BCUT2D eigenvalue weighted by Crippen LogP contribution is 2.47. The molecule has 0 radical (unpaired) electrons. The van der Waals surface area contributed by atoms with Crippen molar-refractivity contribution in [3.8, 4) is 0 Å². The number of hydrogen-bond acceptors (Lipinski definition) is 18. The van der Waals surface area contributed by atoms with Gasteiger partial charge in [-0.2, -0.15) is 0 Å². The fourth-order valence-electron chi connectivity index (χ4n) is 12.4. The highest BCUT2D eigenvalue weighted by atomic mass is 16.7. The van der Waals surface area contributed by atoms with Crippen LogP contribution in [0.2, 0.25) is 0 Å². The van der Waals surface area contributed by atoms with Crippen molar-refractivity contribution in [3.05, 3.63) is 47.6 Å². The zero-order valence-corrected chi connectivity index (χ0v) is 48.1. The second-order valence-corrected chi connectivity index (χ2v) is 22.9. The number of rotatable bonds is 16. The van der Waals surface area contributed by atoms with E-state index in [1.165, 1.54) is 14.2 Å². The van der Waals surface area contributed by atoms with Gasteiger partial charge in [0.25, 0.3) is 0 Å². The quantitative estimate of drug-likeness (QED) is 0.0941. The highest BCUT2D eigenvalue weighted by molar-refractivity contribution is 5.88. The first kappa shape index (κ1) is 64.2. The lowest BCUT2D eigenvalue weighted by atomic mass is 9.76. The molecule has 0 amide bonds. The molecule has 4 fully saturated rings. The Hall–Kier alpha value is -2.66. The zero-order valence-electron chi connectivity index (χ0n) is 48.1. The van der Waals surface area contributed by atoms with Gasteiger partial charge in [0.1, 0.15) is 24.4 Å². The van der Waals surface area contributed by atoms with E-state index in [-0.39, 0.29) is 60.9 Å². The summed E-state index contributed by atoms with van der Waals surface area (Å²) in [5.74, 6) is -7.68. The lowest BCUT2D eigenvalue weighted by molar-refractivity contribution is -0.352. The van der Waals surface area contributed by atoms with Gasteiger partial charge in [-0.15, -0.1) is 0 Å². The van der Waals surface area contributed by atoms with Gasteiger partial charge in [-0.1, -0.05) is 91.8 Å². The Morgan fingerprint density at radius 1 is 0.592 bits per heavy atom. The van der Waals surface area contributed by atoms with Crippen LogP contribution in [0.3, 0.4) is 0 Å². The summed E-state index contributed by atoms with van der Waals surface area (Å²) in [6, 6.07) is 0. The van der Waals surface area contributed by atoms with E-state index in [2.05, 4.69) is 0 Å². The van der Waals surface area contributed by atoms with Crippen LogP contribution in [0.4, 0.5) is 0 Å². The van der Waals surface area contributed by atoms with E-state index in [1.807, 2.05) is 69.2 Å². The molecule has 6 N–H and O–H groups in total. The zero-order chi connectivity index (χ0) is 56.7. The van der Waals surface area contributed by atoms with Crippen LogP contribution < -0.4 is 0 Å². The molecule has 0 aromatic rings. The molecule has 436 valence electrons. The number of allylic oxidation sites excluding steroid dienone is 4. The summed E-state index contributed by atoms with van der Waals surface area (Å²) in [5.41, 5.74) is 0.563. The Kier molecular flexibility index (Phi) is 23.4. The fraction of sp³-hybridized carbons (Fsp3) is 0.828. The molecule has 26 unspecified atom stereocenters. The van der Waals surface area contributed by atoms with E-state index >= 15 is 0 Å².